The number of hydrogen-bond donors (Lipinski definition) is 0. The highest BCUT2D eigenvalue weighted by molar-refractivity contribution is 5.78. The van der Waals surface area contributed by atoms with Crippen molar-refractivity contribution in [2.24, 2.45) is 5.41 Å². The fourth-order valence-corrected chi connectivity index (χ4v) is 3.36. The molecule has 3 nitrogen and oxygen atoms in total. The Kier molecular flexibility index (Phi) is 4.08. The fraction of sp³-hybridized carbons (Fsp3) is 0.500. The van der Waals surface area contributed by atoms with E-state index in [4.69, 9.17) is 4.74 Å². The lowest BCUT2D eigenvalue weighted by molar-refractivity contribution is -0.140. The first-order valence-corrected chi connectivity index (χ1v) is 8.07. The second-order valence-electron chi connectivity index (χ2n) is 7.83. The molecule has 1 fully saturated rings. The van der Waals surface area contributed by atoms with Gasteiger partial charge in [0.1, 0.15) is 11.2 Å². The molecule has 1 saturated heterocycles. The summed E-state index contributed by atoms with van der Waals surface area (Å²) in [4.78, 5) is 13.4. The van der Waals surface area contributed by atoms with Crippen molar-refractivity contribution >= 4 is 11.7 Å². The van der Waals surface area contributed by atoms with Gasteiger partial charge < -0.3 is 9.64 Å². The first-order chi connectivity index (χ1) is 11.8. The molecular formula is C18H18F5NO2. The molecule has 0 aromatic heterocycles. The average molecular weight is 375 g/mol. The Morgan fingerprint density at radius 2 is 1.73 bits per heavy atom. The number of likely N-dealkylation sites (tertiary alicyclic amines) is 1. The Morgan fingerprint density at radius 3 is 2.23 bits per heavy atom. The lowest BCUT2D eigenvalue weighted by atomic mass is 9.64. The maximum absolute atomic E-state index is 13.7. The third kappa shape index (κ3) is 3.29. The molecular weight excluding hydrogens is 357 g/mol. The molecule has 3 rings (SSSR count). The molecule has 1 heterocycles. The Bertz CT molecular complexity index is 786. The van der Waals surface area contributed by atoms with Gasteiger partial charge in [-0.25, -0.2) is 13.6 Å². The predicted molar refractivity (Wildman–Crippen MR) is 84.2 cm³/mol. The summed E-state index contributed by atoms with van der Waals surface area (Å²) in [6.45, 7) is 5.88. The van der Waals surface area contributed by atoms with Crippen LogP contribution >= 0.6 is 0 Å². The zero-order chi connectivity index (χ0) is 19.5. The van der Waals surface area contributed by atoms with Gasteiger partial charge >= 0.3 is 12.3 Å². The molecule has 0 saturated carbocycles. The van der Waals surface area contributed by atoms with E-state index in [1.807, 2.05) is 0 Å². The van der Waals surface area contributed by atoms with Crippen molar-refractivity contribution in [1.82, 2.24) is 4.90 Å². The molecule has 1 aliphatic carbocycles. The van der Waals surface area contributed by atoms with Crippen molar-refractivity contribution in [3.05, 3.63) is 41.0 Å². The fourth-order valence-electron chi connectivity index (χ4n) is 3.36. The molecule has 1 spiro atoms. The van der Waals surface area contributed by atoms with Crippen molar-refractivity contribution in [2.75, 3.05) is 13.1 Å². The second kappa shape index (κ2) is 5.69. The van der Waals surface area contributed by atoms with E-state index in [2.05, 4.69) is 0 Å². The monoisotopic (exact) mass is 375 g/mol. The summed E-state index contributed by atoms with van der Waals surface area (Å²) in [6, 6.07) is 1.64. The van der Waals surface area contributed by atoms with Crippen LogP contribution in [0.5, 0.6) is 0 Å². The molecule has 142 valence electrons. The van der Waals surface area contributed by atoms with Gasteiger partial charge in [0.25, 0.3) is 0 Å². The smallest absolute Gasteiger partial charge is 0.419 e. The maximum atomic E-state index is 13.7. The summed E-state index contributed by atoms with van der Waals surface area (Å²) in [5.74, 6) is -3.42. The largest absolute Gasteiger partial charge is 0.444 e. The first-order valence-electron chi connectivity index (χ1n) is 8.07. The normalized spacial score (nSPS) is 18.9. The van der Waals surface area contributed by atoms with Crippen LogP contribution < -0.4 is 0 Å². The summed E-state index contributed by atoms with van der Waals surface area (Å²) in [5, 5.41) is 0. The van der Waals surface area contributed by atoms with Gasteiger partial charge in [0.15, 0.2) is 11.6 Å². The van der Waals surface area contributed by atoms with E-state index in [-0.39, 0.29) is 12.0 Å². The molecule has 0 bridgehead atoms. The van der Waals surface area contributed by atoms with Crippen LogP contribution in [0.25, 0.3) is 5.57 Å². The number of rotatable bonds is 1. The second-order valence-corrected chi connectivity index (χ2v) is 7.83. The lowest BCUT2D eigenvalue weighted by Gasteiger charge is -2.53. The molecule has 2 aliphatic rings. The number of halogens is 5. The van der Waals surface area contributed by atoms with E-state index in [1.54, 1.807) is 26.8 Å². The van der Waals surface area contributed by atoms with E-state index < -0.39 is 40.5 Å². The number of carbonyl (C=O) groups is 1. The van der Waals surface area contributed by atoms with Crippen LogP contribution in [0, 0.1) is 17.0 Å². The highest BCUT2D eigenvalue weighted by Gasteiger charge is 2.51. The van der Waals surface area contributed by atoms with Crippen molar-refractivity contribution < 1.29 is 31.5 Å². The predicted octanol–water partition coefficient (Wildman–Crippen LogP) is 5.01. The minimum absolute atomic E-state index is 0.264. The summed E-state index contributed by atoms with van der Waals surface area (Å²) in [5.41, 5.74) is -2.67. The van der Waals surface area contributed by atoms with Crippen LogP contribution in [0.3, 0.4) is 0 Å². The molecule has 1 aromatic rings. The van der Waals surface area contributed by atoms with E-state index in [0.29, 0.717) is 24.7 Å². The van der Waals surface area contributed by atoms with Gasteiger partial charge in [-0.2, -0.15) is 13.2 Å². The Morgan fingerprint density at radius 1 is 1.15 bits per heavy atom. The number of hydrogen-bond acceptors (Lipinski definition) is 2. The van der Waals surface area contributed by atoms with Crippen LogP contribution in [0.1, 0.15) is 38.3 Å². The standard InChI is InChI=1S/C18H18F5NO2/c1-16(2,3)26-15(25)24-8-17(9-24)6-10(7-17)11-4-5-12(19)14(20)13(11)18(21,22)23/h4-6H,7-9H2,1-3H3. The van der Waals surface area contributed by atoms with Crippen LogP contribution in [-0.2, 0) is 10.9 Å². The zero-order valence-corrected chi connectivity index (χ0v) is 14.5. The third-order valence-corrected chi connectivity index (χ3v) is 4.41. The molecule has 0 atom stereocenters. The number of nitrogens with zero attached hydrogens (tertiary/aromatic N) is 1. The minimum atomic E-state index is -4.99. The van der Waals surface area contributed by atoms with Gasteiger partial charge in [-0.1, -0.05) is 12.1 Å². The van der Waals surface area contributed by atoms with Gasteiger partial charge in [-0.15, -0.1) is 0 Å². The van der Waals surface area contributed by atoms with Crippen molar-refractivity contribution in [1.29, 1.82) is 0 Å². The minimum Gasteiger partial charge on any atom is -0.444 e. The van der Waals surface area contributed by atoms with Gasteiger partial charge in [0, 0.05) is 18.5 Å². The molecule has 1 aliphatic heterocycles. The van der Waals surface area contributed by atoms with Gasteiger partial charge in [-0.05, 0) is 44.4 Å². The first kappa shape index (κ1) is 18.7. The number of ether oxygens (including phenoxy) is 1. The van der Waals surface area contributed by atoms with Crippen LogP contribution in [-0.4, -0.2) is 29.7 Å². The summed E-state index contributed by atoms with van der Waals surface area (Å²) < 4.78 is 71.5. The molecule has 8 heteroatoms. The number of amides is 1. The lowest BCUT2D eigenvalue weighted by Crippen LogP contribution is -2.60. The van der Waals surface area contributed by atoms with Crippen molar-refractivity contribution in [2.45, 2.75) is 39.0 Å². The molecule has 1 aromatic carbocycles. The number of benzene rings is 1. The molecule has 1 amide bonds. The summed E-state index contributed by atoms with van der Waals surface area (Å²) in [7, 11) is 0. The number of carbonyl (C=O) groups excluding carboxylic acids is 1. The van der Waals surface area contributed by atoms with Gasteiger partial charge in [-0.3, -0.25) is 0 Å². The van der Waals surface area contributed by atoms with Crippen LogP contribution in [0.15, 0.2) is 18.2 Å². The quantitative estimate of drug-likeness (QED) is 0.646. The van der Waals surface area contributed by atoms with Gasteiger partial charge in [0.2, 0.25) is 0 Å². The zero-order valence-electron chi connectivity index (χ0n) is 14.5. The Labute approximate surface area is 147 Å². The van der Waals surface area contributed by atoms with E-state index in [1.165, 1.54) is 4.90 Å². The molecule has 0 radical (unpaired) electrons. The number of alkyl halides is 3. The van der Waals surface area contributed by atoms with E-state index >= 15 is 0 Å². The molecule has 0 N–H and O–H groups in total. The maximum Gasteiger partial charge on any atom is 0.419 e. The van der Waals surface area contributed by atoms with Crippen LogP contribution in [0.2, 0.25) is 0 Å². The van der Waals surface area contributed by atoms with Crippen molar-refractivity contribution in [3.8, 4) is 0 Å². The van der Waals surface area contributed by atoms with Crippen LogP contribution in [0.4, 0.5) is 26.7 Å². The SMILES string of the molecule is CC(C)(C)OC(=O)N1CC2(C=C(c3ccc(F)c(F)c3C(F)(F)F)C2)C1. The number of allylic oxidation sites excluding steroid dienone is 1. The summed E-state index contributed by atoms with van der Waals surface area (Å²) in [6.07, 6.45) is -3.60. The highest BCUT2D eigenvalue weighted by Crippen LogP contribution is 2.52. The highest BCUT2D eigenvalue weighted by atomic mass is 19.4. The van der Waals surface area contributed by atoms with Gasteiger partial charge in [0.05, 0.1) is 0 Å². The van der Waals surface area contributed by atoms with E-state index in [9.17, 15) is 26.7 Å². The summed E-state index contributed by atoms with van der Waals surface area (Å²) >= 11 is 0. The topological polar surface area (TPSA) is 29.5 Å². The van der Waals surface area contributed by atoms with E-state index in [0.717, 1.165) is 6.07 Å². The Hall–Kier alpha value is -2.12. The molecule has 26 heavy (non-hydrogen) atoms. The Balaban J connectivity index is 1.77. The third-order valence-electron chi connectivity index (χ3n) is 4.41. The molecule has 0 unspecified atom stereocenters. The van der Waals surface area contributed by atoms with Crippen molar-refractivity contribution in [3.63, 3.8) is 0 Å². The average Bonchev–Trinajstić information content (AvgIpc) is 2.35.